The lowest BCUT2D eigenvalue weighted by molar-refractivity contribution is -0.139. The summed E-state index contributed by atoms with van der Waals surface area (Å²) < 4.78 is 33.8. The minimum Gasteiger partial charge on any atom is -0.493 e. The summed E-state index contributed by atoms with van der Waals surface area (Å²) in [4.78, 5) is 38.8. The van der Waals surface area contributed by atoms with Gasteiger partial charge in [0.05, 0.1) is 40.9 Å². The lowest BCUT2D eigenvalue weighted by Crippen LogP contribution is -2.27. The number of anilines is 1. The number of aliphatic carboxylic acids is 1. The highest BCUT2D eigenvalue weighted by molar-refractivity contribution is 6.08. The maximum absolute atomic E-state index is 14.1. The van der Waals surface area contributed by atoms with Crippen molar-refractivity contribution in [2.75, 3.05) is 47.9 Å². The summed E-state index contributed by atoms with van der Waals surface area (Å²) in [5.74, 6) is -0.969. The Hall–Kier alpha value is -5.39. The first-order chi connectivity index (χ1) is 19.7. The summed E-state index contributed by atoms with van der Waals surface area (Å²) in [6, 6.07) is 12.5. The standard InChI is InChI=1S/C29H28N2O10/c1-36-20-12-18-19(13-21(20)41-14-24(32)33)28(34)31(17-8-6-16(30)7-9-17)26(29(35)40-5)25(18)15-10-22(37-2)27(39-4)23(11-15)38-3/h6-13H,14,30H2,1-5H3,(H,32,33). The van der Waals surface area contributed by atoms with Gasteiger partial charge in [0, 0.05) is 22.3 Å². The van der Waals surface area contributed by atoms with Crippen LogP contribution in [0, 0.1) is 0 Å². The van der Waals surface area contributed by atoms with Crippen molar-refractivity contribution in [3.05, 3.63) is 64.6 Å². The van der Waals surface area contributed by atoms with E-state index in [9.17, 15) is 14.4 Å². The predicted molar refractivity (Wildman–Crippen MR) is 150 cm³/mol. The Morgan fingerprint density at radius 3 is 1.90 bits per heavy atom. The fourth-order valence-corrected chi connectivity index (χ4v) is 4.49. The first kappa shape index (κ1) is 28.6. The van der Waals surface area contributed by atoms with Crippen LogP contribution >= 0.6 is 0 Å². The molecule has 0 radical (unpaired) electrons. The Morgan fingerprint density at radius 1 is 0.805 bits per heavy atom. The number of carboxylic acid groups (broad SMARTS) is 1. The van der Waals surface area contributed by atoms with E-state index < -0.39 is 24.1 Å². The number of aromatic nitrogens is 1. The quantitative estimate of drug-likeness (QED) is 0.214. The Morgan fingerprint density at radius 2 is 1.39 bits per heavy atom. The third-order valence-electron chi connectivity index (χ3n) is 6.30. The number of methoxy groups -OCH3 is 5. The number of hydrogen-bond acceptors (Lipinski definition) is 10. The predicted octanol–water partition coefficient (Wildman–Crippen LogP) is 3.52. The zero-order chi connectivity index (χ0) is 29.8. The van der Waals surface area contributed by atoms with Crippen LogP contribution in [0.3, 0.4) is 0 Å². The van der Waals surface area contributed by atoms with E-state index in [0.717, 1.165) is 0 Å². The number of carboxylic acids is 1. The molecule has 0 bridgehead atoms. The molecule has 0 amide bonds. The van der Waals surface area contributed by atoms with E-state index in [-0.39, 0.29) is 33.5 Å². The van der Waals surface area contributed by atoms with E-state index in [2.05, 4.69) is 0 Å². The number of hydrogen-bond donors (Lipinski definition) is 2. The molecular formula is C29H28N2O10. The van der Waals surface area contributed by atoms with Crippen LogP contribution < -0.4 is 35.0 Å². The van der Waals surface area contributed by atoms with Crippen molar-refractivity contribution in [1.29, 1.82) is 0 Å². The fourth-order valence-electron chi connectivity index (χ4n) is 4.49. The molecule has 0 saturated carbocycles. The minimum atomic E-state index is -1.22. The third-order valence-corrected chi connectivity index (χ3v) is 6.30. The average Bonchev–Trinajstić information content (AvgIpc) is 2.98. The molecule has 214 valence electrons. The zero-order valence-electron chi connectivity index (χ0n) is 23.0. The van der Waals surface area contributed by atoms with Crippen LogP contribution in [0.4, 0.5) is 5.69 Å². The lowest BCUT2D eigenvalue weighted by Gasteiger charge is -2.21. The van der Waals surface area contributed by atoms with Gasteiger partial charge in [0.2, 0.25) is 5.75 Å². The molecule has 0 unspecified atom stereocenters. The van der Waals surface area contributed by atoms with Gasteiger partial charge in [0.15, 0.2) is 29.6 Å². The molecular weight excluding hydrogens is 536 g/mol. The number of nitrogens with two attached hydrogens (primary N) is 1. The summed E-state index contributed by atoms with van der Waals surface area (Å²) in [6.45, 7) is -0.673. The molecule has 4 aromatic rings. The SMILES string of the molecule is COC(=O)c1c(-c2cc(OC)c(OC)c(OC)c2)c2cc(OC)c(OCC(=O)O)cc2c(=O)n1-c1ccc(N)cc1. The molecule has 0 fully saturated rings. The van der Waals surface area contributed by atoms with Crippen molar-refractivity contribution in [2.24, 2.45) is 0 Å². The van der Waals surface area contributed by atoms with Crippen molar-refractivity contribution in [2.45, 2.75) is 0 Å². The van der Waals surface area contributed by atoms with Gasteiger partial charge in [0.25, 0.3) is 5.56 Å². The van der Waals surface area contributed by atoms with Crippen LogP contribution in [0.2, 0.25) is 0 Å². The highest BCUT2D eigenvalue weighted by Gasteiger charge is 2.28. The Bertz CT molecular complexity index is 1670. The molecule has 0 atom stereocenters. The second-order valence-electron chi connectivity index (χ2n) is 8.59. The normalized spacial score (nSPS) is 10.7. The topological polar surface area (TPSA) is 158 Å². The maximum Gasteiger partial charge on any atom is 0.355 e. The van der Waals surface area contributed by atoms with Gasteiger partial charge in [-0.1, -0.05) is 0 Å². The monoisotopic (exact) mass is 564 g/mol. The number of carbonyl (C=O) groups is 2. The van der Waals surface area contributed by atoms with Gasteiger partial charge in [-0.25, -0.2) is 9.59 Å². The molecule has 1 aromatic heterocycles. The van der Waals surface area contributed by atoms with Gasteiger partial charge in [0.1, 0.15) is 5.69 Å². The summed E-state index contributed by atoms with van der Waals surface area (Å²) in [6.07, 6.45) is 0. The van der Waals surface area contributed by atoms with Gasteiger partial charge in [-0.05, 0) is 54.1 Å². The molecule has 0 aliphatic heterocycles. The van der Waals surface area contributed by atoms with E-state index in [1.807, 2.05) is 0 Å². The second-order valence-corrected chi connectivity index (χ2v) is 8.59. The highest BCUT2D eigenvalue weighted by atomic mass is 16.5. The molecule has 12 nitrogen and oxygen atoms in total. The minimum absolute atomic E-state index is 0.0185. The van der Waals surface area contributed by atoms with E-state index in [0.29, 0.717) is 34.2 Å². The summed E-state index contributed by atoms with van der Waals surface area (Å²) in [5, 5.41) is 9.54. The first-order valence-electron chi connectivity index (χ1n) is 12.1. The number of nitrogens with zero attached hydrogens (tertiary/aromatic N) is 1. The Balaban J connectivity index is 2.26. The molecule has 0 aliphatic carbocycles. The lowest BCUT2D eigenvalue weighted by atomic mass is 9.95. The average molecular weight is 565 g/mol. The first-order valence-corrected chi connectivity index (χ1v) is 12.1. The molecule has 3 N–H and O–H groups in total. The van der Waals surface area contributed by atoms with Crippen molar-refractivity contribution < 1.29 is 43.1 Å². The van der Waals surface area contributed by atoms with Crippen LogP contribution in [-0.2, 0) is 9.53 Å². The summed E-state index contributed by atoms with van der Waals surface area (Å²) >= 11 is 0. The van der Waals surface area contributed by atoms with Crippen LogP contribution in [0.5, 0.6) is 28.7 Å². The van der Waals surface area contributed by atoms with Crippen molar-refractivity contribution >= 4 is 28.4 Å². The summed E-state index contributed by atoms with van der Waals surface area (Å²) in [7, 11) is 6.92. The number of fused-ring (bicyclic) bond motifs is 1. The smallest absolute Gasteiger partial charge is 0.355 e. The molecule has 0 saturated heterocycles. The number of nitrogen functional groups attached to an aromatic ring is 1. The molecule has 41 heavy (non-hydrogen) atoms. The zero-order valence-corrected chi connectivity index (χ0v) is 23.0. The van der Waals surface area contributed by atoms with Crippen molar-refractivity contribution in [3.8, 4) is 45.6 Å². The fraction of sp³-hybridized carbons (Fsp3) is 0.207. The number of benzene rings is 3. The van der Waals surface area contributed by atoms with Gasteiger partial charge >= 0.3 is 11.9 Å². The van der Waals surface area contributed by atoms with Gasteiger partial charge in [-0.15, -0.1) is 0 Å². The number of esters is 1. The van der Waals surface area contributed by atoms with Crippen molar-refractivity contribution in [3.63, 3.8) is 0 Å². The molecule has 12 heteroatoms. The van der Waals surface area contributed by atoms with Gasteiger partial charge in [-0.3, -0.25) is 9.36 Å². The number of carbonyl (C=O) groups excluding carboxylic acids is 1. The largest absolute Gasteiger partial charge is 0.493 e. The molecule has 0 spiro atoms. The maximum atomic E-state index is 14.1. The van der Waals surface area contributed by atoms with E-state index in [1.54, 1.807) is 36.4 Å². The van der Waals surface area contributed by atoms with Crippen molar-refractivity contribution in [1.82, 2.24) is 4.57 Å². The van der Waals surface area contributed by atoms with Crippen LogP contribution in [-0.4, -0.2) is 63.8 Å². The number of ether oxygens (including phenoxy) is 6. The van der Waals surface area contributed by atoms with Crippen LogP contribution in [0.15, 0.2) is 53.3 Å². The van der Waals surface area contributed by atoms with Crippen LogP contribution in [0.25, 0.3) is 27.6 Å². The summed E-state index contributed by atoms with van der Waals surface area (Å²) in [5.41, 5.74) is 6.62. The third kappa shape index (κ3) is 5.26. The van der Waals surface area contributed by atoms with Crippen LogP contribution in [0.1, 0.15) is 10.5 Å². The Kier molecular flexibility index (Phi) is 8.22. The van der Waals surface area contributed by atoms with E-state index in [4.69, 9.17) is 39.3 Å². The molecule has 4 rings (SSSR count). The molecule has 0 aliphatic rings. The Labute approximate surface area is 234 Å². The van der Waals surface area contributed by atoms with E-state index >= 15 is 0 Å². The molecule has 1 heterocycles. The van der Waals surface area contributed by atoms with E-state index in [1.165, 1.54) is 52.2 Å². The van der Waals surface area contributed by atoms with Gasteiger partial charge < -0.3 is 39.3 Å². The molecule has 3 aromatic carbocycles. The number of rotatable bonds is 10. The second kappa shape index (κ2) is 11.8. The highest BCUT2D eigenvalue weighted by Crippen LogP contribution is 2.45. The number of pyridine rings is 1. The van der Waals surface area contributed by atoms with Gasteiger partial charge in [-0.2, -0.15) is 0 Å².